The number of hydrogen-bond acceptors (Lipinski definition) is 1. The smallest absolute Gasteiger partial charge is 0.126 e. The summed E-state index contributed by atoms with van der Waals surface area (Å²) < 4.78 is 5.36. The summed E-state index contributed by atoms with van der Waals surface area (Å²) in [7, 11) is 1.70. The van der Waals surface area contributed by atoms with Crippen molar-refractivity contribution in [3.8, 4) is 5.75 Å². The van der Waals surface area contributed by atoms with Crippen LogP contribution in [0, 0.1) is 0 Å². The van der Waals surface area contributed by atoms with Crippen LogP contribution in [-0.4, -0.2) is 13.0 Å². The van der Waals surface area contributed by atoms with Crippen molar-refractivity contribution in [1.82, 2.24) is 0 Å². The van der Waals surface area contributed by atoms with E-state index in [0.29, 0.717) is 5.88 Å². The van der Waals surface area contributed by atoms with Crippen molar-refractivity contribution in [2.24, 2.45) is 0 Å². The van der Waals surface area contributed by atoms with Crippen LogP contribution in [-0.2, 0) is 5.41 Å². The Balaban J connectivity index is 3.07. The molecule has 0 spiro atoms. The van der Waals surface area contributed by atoms with Crippen LogP contribution in [0.3, 0.4) is 0 Å². The summed E-state index contributed by atoms with van der Waals surface area (Å²) in [4.78, 5) is 0. The molecule has 0 radical (unpaired) electrons. The molecular weight excluding hydrogens is 232 g/mol. The minimum atomic E-state index is 0.154. The summed E-state index contributed by atoms with van der Waals surface area (Å²) >= 11 is 5.66. The van der Waals surface area contributed by atoms with Gasteiger partial charge in [0.1, 0.15) is 5.75 Å². The van der Waals surface area contributed by atoms with Crippen LogP contribution in [0.1, 0.15) is 38.3 Å². The lowest BCUT2D eigenvalue weighted by atomic mass is 9.86. The maximum Gasteiger partial charge on any atom is 0.126 e. The highest BCUT2D eigenvalue weighted by Crippen LogP contribution is 2.28. The van der Waals surface area contributed by atoms with Crippen molar-refractivity contribution >= 4 is 17.7 Å². The van der Waals surface area contributed by atoms with E-state index < -0.39 is 0 Å². The molecule has 0 bridgehead atoms. The maximum atomic E-state index is 5.66. The SMILES string of the molecule is COc1ccc(C(C)(C)C)cc1/C=C/CCCl. The topological polar surface area (TPSA) is 9.23 Å². The van der Waals surface area contributed by atoms with E-state index in [1.807, 2.05) is 6.07 Å². The summed E-state index contributed by atoms with van der Waals surface area (Å²) in [5, 5.41) is 0. The summed E-state index contributed by atoms with van der Waals surface area (Å²) in [5.41, 5.74) is 2.58. The van der Waals surface area contributed by atoms with Crippen LogP contribution in [0.4, 0.5) is 0 Å². The molecule has 1 aromatic rings. The molecule has 1 aromatic carbocycles. The molecule has 0 saturated heterocycles. The van der Waals surface area contributed by atoms with E-state index in [2.05, 4.69) is 45.1 Å². The van der Waals surface area contributed by atoms with E-state index in [0.717, 1.165) is 17.7 Å². The lowest BCUT2D eigenvalue weighted by Crippen LogP contribution is -2.11. The van der Waals surface area contributed by atoms with Crippen molar-refractivity contribution in [2.75, 3.05) is 13.0 Å². The Bertz CT molecular complexity index is 388. The van der Waals surface area contributed by atoms with Gasteiger partial charge in [0.25, 0.3) is 0 Å². The molecule has 0 N–H and O–H groups in total. The summed E-state index contributed by atoms with van der Waals surface area (Å²) in [6.45, 7) is 6.63. The summed E-state index contributed by atoms with van der Waals surface area (Å²) in [5.74, 6) is 1.56. The molecular formula is C15H21ClO. The van der Waals surface area contributed by atoms with Crippen LogP contribution >= 0.6 is 11.6 Å². The molecule has 0 saturated carbocycles. The number of ether oxygens (including phenoxy) is 1. The van der Waals surface area contributed by atoms with Gasteiger partial charge in [-0.15, -0.1) is 11.6 Å². The Hall–Kier alpha value is -0.950. The Morgan fingerprint density at radius 2 is 2.00 bits per heavy atom. The first-order valence-electron chi connectivity index (χ1n) is 5.90. The molecule has 0 atom stereocenters. The predicted octanol–water partition coefficient (Wildman–Crippen LogP) is 4.63. The number of alkyl halides is 1. The first-order chi connectivity index (χ1) is 7.99. The summed E-state index contributed by atoms with van der Waals surface area (Å²) in [6, 6.07) is 6.34. The van der Waals surface area contributed by atoms with Gasteiger partial charge in [0.05, 0.1) is 7.11 Å². The number of methoxy groups -OCH3 is 1. The highest BCUT2D eigenvalue weighted by Gasteiger charge is 2.14. The van der Waals surface area contributed by atoms with Crippen LogP contribution < -0.4 is 4.74 Å². The minimum Gasteiger partial charge on any atom is -0.496 e. The van der Waals surface area contributed by atoms with E-state index >= 15 is 0 Å². The van der Waals surface area contributed by atoms with Crippen LogP contribution in [0.25, 0.3) is 6.08 Å². The maximum absolute atomic E-state index is 5.66. The number of hydrogen-bond donors (Lipinski definition) is 0. The van der Waals surface area contributed by atoms with E-state index in [1.54, 1.807) is 7.11 Å². The molecule has 0 aromatic heterocycles. The second kappa shape index (κ2) is 6.11. The molecule has 0 amide bonds. The third-order valence-corrected chi connectivity index (χ3v) is 2.89. The second-order valence-corrected chi connectivity index (χ2v) is 5.46. The normalized spacial score (nSPS) is 12.1. The molecule has 17 heavy (non-hydrogen) atoms. The highest BCUT2D eigenvalue weighted by atomic mass is 35.5. The summed E-state index contributed by atoms with van der Waals surface area (Å²) in [6.07, 6.45) is 5.04. The molecule has 1 rings (SSSR count). The van der Waals surface area contributed by atoms with Crippen LogP contribution in [0.5, 0.6) is 5.75 Å². The van der Waals surface area contributed by atoms with E-state index in [1.165, 1.54) is 5.56 Å². The van der Waals surface area contributed by atoms with E-state index in [4.69, 9.17) is 16.3 Å². The minimum absolute atomic E-state index is 0.154. The number of allylic oxidation sites excluding steroid dienone is 1. The Labute approximate surface area is 109 Å². The zero-order valence-electron chi connectivity index (χ0n) is 11.1. The first-order valence-corrected chi connectivity index (χ1v) is 6.43. The quantitative estimate of drug-likeness (QED) is 0.710. The van der Waals surface area contributed by atoms with Crippen molar-refractivity contribution in [2.45, 2.75) is 32.6 Å². The Morgan fingerprint density at radius 3 is 2.53 bits per heavy atom. The fraction of sp³-hybridized carbons (Fsp3) is 0.467. The van der Waals surface area contributed by atoms with Crippen molar-refractivity contribution < 1.29 is 4.74 Å². The second-order valence-electron chi connectivity index (χ2n) is 5.09. The van der Waals surface area contributed by atoms with Gasteiger partial charge in [-0.1, -0.05) is 39.0 Å². The van der Waals surface area contributed by atoms with E-state index in [-0.39, 0.29) is 5.41 Å². The lowest BCUT2D eigenvalue weighted by Gasteiger charge is -2.20. The molecule has 0 aliphatic heterocycles. The first kappa shape index (κ1) is 14.1. The van der Waals surface area contributed by atoms with Crippen LogP contribution in [0.15, 0.2) is 24.3 Å². The molecule has 94 valence electrons. The monoisotopic (exact) mass is 252 g/mol. The molecule has 1 nitrogen and oxygen atoms in total. The lowest BCUT2D eigenvalue weighted by molar-refractivity contribution is 0.413. The van der Waals surface area contributed by atoms with Gasteiger partial charge in [0, 0.05) is 11.4 Å². The third kappa shape index (κ3) is 4.08. The molecule has 0 aliphatic carbocycles. The number of halogens is 1. The standard InChI is InChI=1S/C15H21ClO/c1-15(2,3)13-8-9-14(17-4)12(11-13)7-5-6-10-16/h5,7-9,11H,6,10H2,1-4H3/b7-5+. The zero-order chi connectivity index (χ0) is 12.9. The number of benzene rings is 1. The van der Waals surface area contributed by atoms with Gasteiger partial charge >= 0.3 is 0 Å². The average Bonchev–Trinajstić information content (AvgIpc) is 2.28. The van der Waals surface area contributed by atoms with Gasteiger partial charge in [-0.25, -0.2) is 0 Å². The average molecular weight is 253 g/mol. The third-order valence-electron chi connectivity index (χ3n) is 2.67. The fourth-order valence-electron chi connectivity index (χ4n) is 1.60. The van der Waals surface area contributed by atoms with Gasteiger partial charge in [0.15, 0.2) is 0 Å². The van der Waals surface area contributed by atoms with Gasteiger partial charge in [-0.3, -0.25) is 0 Å². The van der Waals surface area contributed by atoms with Gasteiger partial charge in [-0.05, 0) is 29.5 Å². The number of rotatable bonds is 4. The predicted molar refractivity (Wildman–Crippen MR) is 76.1 cm³/mol. The highest BCUT2D eigenvalue weighted by molar-refractivity contribution is 6.17. The van der Waals surface area contributed by atoms with E-state index in [9.17, 15) is 0 Å². The molecule has 0 heterocycles. The van der Waals surface area contributed by atoms with Crippen molar-refractivity contribution in [3.63, 3.8) is 0 Å². The molecule has 0 fully saturated rings. The molecule has 0 aliphatic rings. The van der Waals surface area contributed by atoms with Gasteiger partial charge < -0.3 is 4.74 Å². The zero-order valence-corrected chi connectivity index (χ0v) is 11.8. The molecule has 0 unspecified atom stereocenters. The van der Waals surface area contributed by atoms with Crippen LogP contribution in [0.2, 0.25) is 0 Å². The molecule has 2 heteroatoms. The van der Waals surface area contributed by atoms with Crippen molar-refractivity contribution in [1.29, 1.82) is 0 Å². The Morgan fingerprint density at radius 1 is 1.29 bits per heavy atom. The van der Waals surface area contributed by atoms with Crippen molar-refractivity contribution in [3.05, 3.63) is 35.4 Å². The Kier molecular flexibility index (Phi) is 5.07. The fourth-order valence-corrected chi connectivity index (χ4v) is 1.73. The largest absolute Gasteiger partial charge is 0.496 e. The van der Waals surface area contributed by atoms with Gasteiger partial charge in [0.2, 0.25) is 0 Å². The van der Waals surface area contributed by atoms with Gasteiger partial charge in [-0.2, -0.15) is 0 Å².